The number of rotatable bonds is 5. The maximum atomic E-state index is 10.5. The molecule has 13 heavy (non-hydrogen) atoms. The summed E-state index contributed by atoms with van der Waals surface area (Å²) in [4.78, 5) is 13.5. The van der Waals surface area contributed by atoms with Gasteiger partial charge in [0, 0.05) is 7.05 Å². The summed E-state index contributed by atoms with van der Waals surface area (Å²) in [5.74, 6) is 0. The van der Waals surface area contributed by atoms with Crippen molar-refractivity contribution in [2.75, 3.05) is 7.05 Å². The molecule has 1 unspecified atom stereocenters. The SMILES string of the molecule is CC/C(C)=C(\C)SC(C)N(C)C=O. The number of amides is 1. The molecular formula is C10H19NOS. The standard InChI is InChI=1S/C10H19NOS/c1-6-8(2)9(3)13-10(4)11(5)7-12/h7,10H,6H2,1-5H3/b9-8+. The van der Waals surface area contributed by atoms with Gasteiger partial charge in [0.1, 0.15) is 0 Å². The fraction of sp³-hybridized carbons (Fsp3) is 0.700. The molecule has 3 heteroatoms. The molecule has 0 aliphatic heterocycles. The number of nitrogens with zero attached hydrogens (tertiary/aromatic N) is 1. The van der Waals surface area contributed by atoms with E-state index in [1.165, 1.54) is 10.5 Å². The molecule has 76 valence electrons. The first-order valence-electron chi connectivity index (χ1n) is 4.53. The van der Waals surface area contributed by atoms with E-state index in [-0.39, 0.29) is 5.37 Å². The normalized spacial score (nSPS) is 14.8. The van der Waals surface area contributed by atoms with E-state index < -0.39 is 0 Å². The Morgan fingerprint density at radius 2 is 2.08 bits per heavy atom. The lowest BCUT2D eigenvalue weighted by Crippen LogP contribution is -2.24. The molecule has 0 aromatic heterocycles. The summed E-state index contributed by atoms with van der Waals surface area (Å²) >= 11 is 1.74. The molecule has 0 aromatic carbocycles. The molecular weight excluding hydrogens is 182 g/mol. The summed E-state index contributed by atoms with van der Waals surface area (Å²) in [6.45, 7) is 8.42. The zero-order chi connectivity index (χ0) is 10.4. The average molecular weight is 201 g/mol. The Morgan fingerprint density at radius 3 is 2.46 bits per heavy atom. The molecule has 0 heterocycles. The summed E-state index contributed by atoms with van der Waals surface area (Å²) in [5, 5.41) is 0.221. The largest absolute Gasteiger partial charge is 0.336 e. The molecule has 2 nitrogen and oxygen atoms in total. The van der Waals surface area contributed by atoms with Gasteiger partial charge < -0.3 is 4.90 Å². The van der Waals surface area contributed by atoms with Crippen molar-refractivity contribution in [3.05, 3.63) is 10.5 Å². The van der Waals surface area contributed by atoms with E-state index in [9.17, 15) is 4.79 Å². The van der Waals surface area contributed by atoms with Gasteiger partial charge in [-0.05, 0) is 32.1 Å². The van der Waals surface area contributed by atoms with Crippen molar-refractivity contribution < 1.29 is 4.79 Å². The van der Waals surface area contributed by atoms with Crippen LogP contribution in [0.3, 0.4) is 0 Å². The Bertz CT molecular complexity index is 201. The summed E-state index contributed by atoms with van der Waals surface area (Å²) in [6, 6.07) is 0. The van der Waals surface area contributed by atoms with E-state index >= 15 is 0 Å². The minimum Gasteiger partial charge on any atom is -0.336 e. The third-order valence-electron chi connectivity index (χ3n) is 2.22. The van der Waals surface area contributed by atoms with E-state index in [2.05, 4.69) is 20.8 Å². The molecule has 0 saturated heterocycles. The molecule has 0 aliphatic rings. The predicted octanol–water partition coefficient (Wildman–Crippen LogP) is 2.86. The van der Waals surface area contributed by atoms with Gasteiger partial charge >= 0.3 is 0 Å². The van der Waals surface area contributed by atoms with E-state index in [0.717, 1.165) is 12.8 Å². The number of hydrogen-bond donors (Lipinski definition) is 0. The van der Waals surface area contributed by atoms with Gasteiger partial charge in [-0.15, -0.1) is 11.8 Å². The highest BCUT2D eigenvalue weighted by molar-refractivity contribution is 8.03. The van der Waals surface area contributed by atoms with Crippen molar-refractivity contribution in [3.8, 4) is 0 Å². The van der Waals surface area contributed by atoms with Crippen LogP contribution in [0.1, 0.15) is 34.1 Å². The highest BCUT2D eigenvalue weighted by atomic mass is 32.2. The Labute approximate surface area is 85.4 Å². The van der Waals surface area contributed by atoms with Crippen LogP contribution in [0, 0.1) is 0 Å². The maximum Gasteiger partial charge on any atom is 0.210 e. The molecule has 0 aromatic rings. The highest BCUT2D eigenvalue weighted by Gasteiger charge is 2.08. The van der Waals surface area contributed by atoms with E-state index in [0.29, 0.717) is 0 Å². The first kappa shape index (κ1) is 12.6. The first-order chi connectivity index (χ1) is 6.02. The molecule has 0 rings (SSSR count). The molecule has 0 bridgehead atoms. The molecule has 0 spiro atoms. The fourth-order valence-corrected chi connectivity index (χ4v) is 1.85. The summed E-state index contributed by atoms with van der Waals surface area (Å²) in [5.41, 5.74) is 1.40. The van der Waals surface area contributed by atoms with Gasteiger partial charge in [0.25, 0.3) is 0 Å². The van der Waals surface area contributed by atoms with Crippen LogP contribution in [0.5, 0.6) is 0 Å². The third kappa shape index (κ3) is 4.36. The lowest BCUT2D eigenvalue weighted by Gasteiger charge is -2.20. The van der Waals surface area contributed by atoms with Crippen molar-refractivity contribution >= 4 is 18.2 Å². The molecule has 0 radical (unpaired) electrons. The van der Waals surface area contributed by atoms with Crippen molar-refractivity contribution in [1.82, 2.24) is 4.90 Å². The molecule has 0 saturated carbocycles. The molecule has 1 amide bonds. The number of hydrogen-bond acceptors (Lipinski definition) is 2. The van der Waals surface area contributed by atoms with Crippen molar-refractivity contribution in [2.24, 2.45) is 0 Å². The average Bonchev–Trinajstić information content (AvgIpc) is 2.14. The minimum absolute atomic E-state index is 0.221. The molecule has 1 atom stereocenters. The topological polar surface area (TPSA) is 20.3 Å². The van der Waals surface area contributed by atoms with Gasteiger partial charge in [0.15, 0.2) is 0 Å². The Morgan fingerprint density at radius 1 is 1.54 bits per heavy atom. The Hall–Kier alpha value is -0.440. The number of thioether (sulfide) groups is 1. The second kappa shape index (κ2) is 6.08. The third-order valence-corrected chi connectivity index (χ3v) is 3.59. The lowest BCUT2D eigenvalue weighted by molar-refractivity contribution is -0.117. The summed E-state index contributed by atoms with van der Waals surface area (Å²) in [7, 11) is 1.80. The fourth-order valence-electron chi connectivity index (χ4n) is 0.774. The van der Waals surface area contributed by atoms with Crippen LogP contribution in [0.2, 0.25) is 0 Å². The Kier molecular flexibility index (Phi) is 5.88. The summed E-state index contributed by atoms with van der Waals surface area (Å²) in [6.07, 6.45) is 1.95. The molecule has 0 fully saturated rings. The van der Waals surface area contributed by atoms with Gasteiger partial charge in [-0.1, -0.05) is 12.5 Å². The van der Waals surface area contributed by atoms with E-state index in [1.54, 1.807) is 23.7 Å². The number of carbonyl (C=O) groups excluding carboxylic acids is 1. The van der Waals surface area contributed by atoms with Crippen LogP contribution >= 0.6 is 11.8 Å². The van der Waals surface area contributed by atoms with Crippen LogP contribution in [-0.2, 0) is 4.79 Å². The van der Waals surface area contributed by atoms with Crippen LogP contribution in [0.4, 0.5) is 0 Å². The van der Waals surface area contributed by atoms with Gasteiger partial charge in [-0.25, -0.2) is 0 Å². The van der Waals surface area contributed by atoms with Crippen LogP contribution < -0.4 is 0 Å². The van der Waals surface area contributed by atoms with Gasteiger partial charge in [-0.3, -0.25) is 4.79 Å². The minimum atomic E-state index is 0.221. The number of allylic oxidation sites excluding steroid dienone is 2. The van der Waals surface area contributed by atoms with Crippen LogP contribution in [0.15, 0.2) is 10.5 Å². The smallest absolute Gasteiger partial charge is 0.210 e. The zero-order valence-corrected chi connectivity index (χ0v) is 9.94. The van der Waals surface area contributed by atoms with Gasteiger partial charge in [-0.2, -0.15) is 0 Å². The van der Waals surface area contributed by atoms with Gasteiger partial charge in [0.05, 0.1) is 5.37 Å². The Balaban J connectivity index is 4.20. The maximum absolute atomic E-state index is 10.5. The van der Waals surface area contributed by atoms with E-state index in [4.69, 9.17) is 0 Å². The quantitative estimate of drug-likeness (QED) is 0.503. The second-order valence-corrected chi connectivity index (χ2v) is 4.71. The van der Waals surface area contributed by atoms with Crippen LogP contribution in [0.25, 0.3) is 0 Å². The molecule has 0 N–H and O–H groups in total. The second-order valence-electron chi connectivity index (χ2n) is 3.18. The van der Waals surface area contributed by atoms with Gasteiger partial charge in [0.2, 0.25) is 6.41 Å². The van der Waals surface area contributed by atoms with E-state index in [1.807, 2.05) is 6.92 Å². The monoisotopic (exact) mass is 201 g/mol. The predicted molar refractivity (Wildman–Crippen MR) is 59.5 cm³/mol. The molecule has 0 aliphatic carbocycles. The zero-order valence-electron chi connectivity index (χ0n) is 9.13. The first-order valence-corrected chi connectivity index (χ1v) is 5.41. The lowest BCUT2D eigenvalue weighted by atomic mass is 10.2. The number of carbonyl (C=O) groups is 1. The highest BCUT2D eigenvalue weighted by Crippen LogP contribution is 2.26. The van der Waals surface area contributed by atoms with Crippen molar-refractivity contribution in [3.63, 3.8) is 0 Å². The van der Waals surface area contributed by atoms with Crippen molar-refractivity contribution in [1.29, 1.82) is 0 Å². The van der Waals surface area contributed by atoms with Crippen molar-refractivity contribution in [2.45, 2.75) is 39.5 Å². The van der Waals surface area contributed by atoms with Crippen LogP contribution in [-0.4, -0.2) is 23.7 Å². The summed E-state index contributed by atoms with van der Waals surface area (Å²) < 4.78 is 0.